The second-order valence-electron chi connectivity index (χ2n) is 3.84. The quantitative estimate of drug-likeness (QED) is 0.430. The maximum atomic E-state index is 10.8. The predicted octanol–water partition coefficient (Wildman–Crippen LogP) is 2.62. The first kappa shape index (κ1) is 16.6. The lowest BCUT2D eigenvalue weighted by Gasteiger charge is -2.20. The first-order valence-electron chi connectivity index (χ1n) is 5.85. The molecular formula is C14H22O4. The van der Waals surface area contributed by atoms with E-state index in [-0.39, 0.29) is 12.7 Å². The Morgan fingerprint density at radius 2 is 2.06 bits per heavy atom. The van der Waals surface area contributed by atoms with Gasteiger partial charge in [-0.3, -0.25) is 0 Å². The van der Waals surface area contributed by atoms with Gasteiger partial charge in [0.2, 0.25) is 0 Å². The Bertz CT molecular complexity index is 292. The zero-order chi connectivity index (χ0) is 14.0. The maximum absolute atomic E-state index is 10.8. The fraction of sp³-hybridized carbons (Fsp3) is 0.500. The van der Waals surface area contributed by atoms with E-state index in [1.54, 1.807) is 12.2 Å². The van der Waals surface area contributed by atoms with Gasteiger partial charge in [0.25, 0.3) is 0 Å². The summed E-state index contributed by atoms with van der Waals surface area (Å²) < 4.78 is 15.8. The van der Waals surface area contributed by atoms with Gasteiger partial charge >= 0.3 is 5.97 Å². The maximum Gasteiger partial charge on any atom is 0.330 e. The summed E-state index contributed by atoms with van der Waals surface area (Å²) in [7, 11) is 0. The number of hydrogen-bond donors (Lipinski definition) is 0. The van der Waals surface area contributed by atoms with Gasteiger partial charge in [0.05, 0.1) is 6.61 Å². The molecule has 0 bridgehead atoms. The second kappa shape index (κ2) is 8.66. The molecule has 1 heterocycles. The van der Waals surface area contributed by atoms with E-state index in [1.807, 2.05) is 13.8 Å². The molecule has 0 aromatic carbocycles. The van der Waals surface area contributed by atoms with Crippen molar-refractivity contribution >= 4 is 5.97 Å². The van der Waals surface area contributed by atoms with E-state index >= 15 is 0 Å². The smallest absolute Gasteiger partial charge is 0.330 e. The summed E-state index contributed by atoms with van der Waals surface area (Å²) in [6.45, 7) is 14.6. The van der Waals surface area contributed by atoms with Crippen LogP contribution in [-0.2, 0) is 19.0 Å². The van der Waals surface area contributed by atoms with Crippen LogP contribution >= 0.6 is 0 Å². The van der Waals surface area contributed by atoms with Crippen LogP contribution in [0.2, 0.25) is 0 Å². The molecule has 4 nitrogen and oxygen atoms in total. The van der Waals surface area contributed by atoms with Crippen molar-refractivity contribution in [3.63, 3.8) is 0 Å². The van der Waals surface area contributed by atoms with Crippen molar-refractivity contribution in [3.8, 4) is 0 Å². The zero-order valence-corrected chi connectivity index (χ0v) is 11.2. The average molecular weight is 254 g/mol. The van der Waals surface area contributed by atoms with E-state index in [0.29, 0.717) is 6.61 Å². The normalized spacial score (nSPS) is 25.6. The molecule has 0 saturated carbocycles. The highest BCUT2D eigenvalue weighted by atomic mass is 16.7. The highest BCUT2D eigenvalue weighted by Gasteiger charge is 2.35. The molecule has 1 saturated heterocycles. The molecule has 2 unspecified atom stereocenters. The summed E-state index contributed by atoms with van der Waals surface area (Å²) >= 11 is 0. The van der Waals surface area contributed by atoms with E-state index in [4.69, 9.17) is 14.2 Å². The molecule has 1 aliphatic heterocycles. The van der Waals surface area contributed by atoms with Crippen LogP contribution in [-0.4, -0.2) is 31.1 Å². The van der Waals surface area contributed by atoms with E-state index in [1.165, 1.54) is 0 Å². The van der Waals surface area contributed by atoms with Gasteiger partial charge in [-0.05, 0) is 13.3 Å². The number of rotatable bonds is 5. The molecule has 0 amide bonds. The van der Waals surface area contributed by atoms with Crippen LogP contribution < -0.4 is 0 Å². The van der Waals surface area contributed by atoms with Crippen LogP contribution in [0.25, 0.3) is 0 Å². The van der Waals surface area contributed by atoms with Gasteiger partial charge in [-0.15, -0.1) is 0 Å². The summed E-state index contributed by atoms with van der Waals surface area (Å²) in [5, 5.41) is 0. The molecule has 0 aromatic heterocycles. The van der Waals surface area contributed by atoms with Crippen LogP contribution in [0.1, 0.15) is 20.3 Å². The van der Waals surface area contributed by atoms with Gasteiger partial charge in [-0.2, -0.15) is 0 Å². The molecule has 0 N–H and O–H groups in total. The highest BCUT2D eigenvalue weighted by molar-refractivity contribution is 5.81. The Labute approximate surface area is 109 Å². The zero-order valence-electron chi connectivity index (χ0n) is 11.2. The van der Waals surface area contributed by atoms with Crippen molar-refractivity contribution in [1.29, 1.82) is 0 Å². The minimum Gasteiger partial charge on any atom is -0.460 e. The molecule has 0 aliphatic carbocycles. The lowest BCUT2D eigenvalue weighted by atomic mass is 10.2. The largest absolute Gasteiger partial charge is 0.460 e. The minimum absolute atomic E-state index is 0.163. The van der Waals surface area contributed by atoms with Crippen LogP contribution in [0.5, 0.6) is 0 Å². The van der Waals surface area contributed by atoms with E-state index in [0.717, 1.165) is 12.5 Å². The van der Waals surface area contributed by atoms with Gasteiger partial charge in [0, 0.05) is 6.08 Å². The minimum atomic E-state index is -0.523. The van der Waals surface area contributed by atoms with E-state index < -0.39 is 11.8 Å². The van der Waals surface area contributed by atoms with Crippen molar-refractivity contribution in [2.45, 2.75) is 32.2 Å². The summed E-state index contributed by atoms with van der Waals surface area (Å²) in [5.74, 6) is -0.954. The lowest BCUT2D eigenvalue weighted by Crippen LogP contribution is -2.27. The number of allylic oxidation sites excluding steroid dienone is 2. The number of ether oxygens (including phenoxy) is 3. The van der Waals surface area contributed by atoms with Crippen molar-refractivity contribution < 1.29 is 19.0 Å². The highest BCUT2D eigenvalue weighted by Crippen LogP contribution is 2.26. The van der Waals surface area contributed by atoms with E-state index in [2.05, 4.69) is 19.7 Å². The predicted molar refractivity (Wildman–Crippen MR) is 71.1 cm³/mol. The van der Waals surface area contributed by atoms with Gasteiger partial charge in [0.15, 0.2) is 5.79 Å². The molecule has 4 heteroatoms. The van der Waals surface area contributed by atoms with Crippen LogP contribution in [0.3, 0.4) is 0 Å². The number of carbonyl (C=O) groups excluding carboxylic acids is 1. The average Bonchev–Trinajstić information content (AvgIpc) is 2.79. The van der Waals surface area contributed by atoms with Gasteiger partial charge < -0.3 is 14.2 Å². The van der Waals surface area contributed by atoms with Gasteiger partial charge in [0.1, 0.15) is 12.7 Å². The third-order valence-electron chi connectivity index (χ3n) is 2.38. The Balaban J connectivity index is 0.000000631. The van der Waals surface area contributed by atoms with Crippen molar-refractivity contribution in [2.24, 2.45) is 0 Å². The fourth-order valence-corrected chi connectivity index (χ4v) is 1.19. The third-order valence-corrected chi connectivity index (χ3v) is 2.38. The topological polar surface area (TPSA) is 44.8 Å². The van der Waals surface area contributed by atoms with Crippen molar-refractivity contribution in [2.75, 3.05) is 13.2 Å². The molecule has 1 rings (SSSR count). The molecular weight excluding hydrogens is 232 g/mol. The Morgan fingerprint density at radius 1 is 1.44 bits per heavy atom. The van der Waals surface area contributed by atoms with Gasteiger partial charge in [-0.25, -0.2) is 4.79 Å². The number of esters is 1. The first-order valence-corrected chi connectivity index (χ1v) is 5.85. The second-order valence-corrected chi connectivity index (χ2v) is 3.84. The molecule has 0 aromatic rings. The third kappa shape index (κ3) is 6.37. The molecule has 1 fully saturated rings. The molecule has 2 atom stereocenters. The van der Waals surface area contributed by atoms with Crippen LogP contribution in [0, 0.1) is 0 Å². The van der Waals surface area contributed by atoms with Gasteiger partial charge in [-0.1, -0.05) is 38.8 Å². The fourth-order valence-electron chi connectivity index (χ4n) is 1.19. The number of hydrogen-bond acceptors (Lipinski definition) is 4. The number of carbonyl (C=O) groups is 1. The van der Waals surface area contributed by atoms with Crippen molar-refractivity contribution in [3.05, 3.63) is 38.0 Å². The van der Waals surface area contributed by atoms with Crippen molar-refractivity contribution in [1.82, 2.24) is 0 Å². The Morgan fingerprint density at radius 3 is 2.44 bits per heavy atom. The summed E-state index contributed by atoms with van der Waals surface area (Å²) in [6, 6.07) is 0. The lowest BCUT2D eigenvalue weighted by molar-refractivity contribution is -0.165. The Kier molecular flexibility index (Phi) is 8.00. The molecule has 0 radical (unpaired) electrons. The molecule has 102 valence electrons. The van der Waals surface area contributed by atoms with Crippen LogP contribution in [0.15, 0.2) is 38.0 Å². The van der Waals surface area contributed by atoms with Crippen LogP contribution in [0.4, 0.5) is 0 Å². The molecule has 1 aliphatic rings. The first-order chi connectivity index (χ1) is 8.51. The summed E-state index contributed by atoms with van der Waals surface area (Å²) in [4.78, 5) is 10.8. The monoisotopic (exact) mass is 254 g/mol. The summed E-state index contributed by atoms with van der Waals surface area (Å²) in [6.07, 6.45) is 5.03. The van der Waals surface area contributed by atoms with E-state index in [9.17, 15) is 4.79 Å². The Hall–Kier alpha value is -1.39. The molecule has 0 spiro atoms. The standard InChI is InChI=1S/C10H16O4.C4H6/c1-4-9(11)12-6-8-7-13-10(3,5-2)14-8;1-3-4-2/h4,8H,1,5-7H2,2-3H3;3-4H,1-2H2. The molecule has 18 heavy (non-hydrogen) atoms. The summed E-state index contributed by atoms with van der Waals surface area (Å²) in [5.41, 5.74) is 0. The SMILES string of the molecule is C=CC(=O)OCC1COC(C)(CC)O1.C=CC=C.